The van der Waals surface area contributed by atoms with Gasteiger partial charge in [-0.1, -0.05) is 0 Å². The number of hydrogen-bond donors (Lipinski definition) is 6. The zero-order chi connectivity index (χ0) is 15.4. The minimum absolute atomic E-state index is 0. The first-order valence-electron chi connectivity index (χ1n) is 4.73. The van der Waals surface area contributed by atoms with E-state index >= 15 is 0 Å². The molecule has 0 fully saturated rings. The van der Waals surface area contributed by atoms with E-state index in [1.54, 1.807) is 0 Å². The van der Waals surface area contributed by atoms with Crippen molar-refractivity contribution in [3.8, 4) is 0 Å². The molecule has 0 heterocycles. The van der Waals surface area contributed by atoms with Crippen molar-refractivity contribution >= 4 is 35.1 Å². The van der Waals surface area contributed by atoms with Gasteiger partial charge in [0.25, 0.3) is 0 Å². The van der Waals surface area contributed by atoms with E-state index in [4.69, 9.17) is 56.3 Å². The Morgan fingerprint density at radius 3 is 0.842 bits per heavy atom. The Morgan fingerprint density at radius 2 is 0.842 bits per heavy atom. The minimum Gasteiger partial charge on any atom is -0.480 e. The summed E-state index contributed by atoms with van der Waals surface area (Å²) in [6, 6.07) is 0. The third-order valence-electron chi connectivity index (χ3n) is 0.562. The van der Waals surface area contributed by atoms with Gasteiger partial charge in [-0.3, -0.25) is 9.59 Å². The number of hydrogen-bond acceptors (Lipinski definition) is 6. The van der Waals surface area contributed by atoms with Crippen LogP contribution in [0.5, 0.6) is 0 Å². The third kappa shape index (κ3) is 131. The smallest absolute Gasteiger partial charge is 0.318 e. The Bertz CT molecular complexity index is 159. The summed E-state index contributed by atoms with van der Waals surface area (Å²) in [7, 11) is 0. The number of aliphatic carboxylic acids is 2. The Kier molecular flexibility index (Phi) is 59.5. The van der Waals surface area contributed by atoms with Crippen molar-refractivity contribution in [1.82, 2.24) is 0 Å². The number of alkyl halides is 2. The monoisotopic (exact) mass is 367 g/mol. The van der Waals surface area contributed by atoms with Crippen LogP contribution in [0.4, 0.5) is 0 Å². The first-order chi connectivity index (χ1) is 8.37. The van der Waals surface area contributed by atoms with E-state index in [1.807, 2.05) is 0 Å². The van der Waals surface area contributed by atoms with Crippen molar-refractivity contribution in [3.05, 3.63) is 0 Å². The van der Waals surface area contributed by atoms with Gasteiger partial charge in [0.2, 0.25) is 0 Å². The van der Waals surface area contributed by atoms with Gasteiger partial charge >= 0.3 is 11.9 Å². The minimum atomic E-state index is -0.980. The quantitative estimate of drug-likeness (QED) is 0.322. The van der Waals surface area contributed by atoms with Crippen molar-refractivity contribution in [2.45, 2.75) is 0 Å². The molecule has 0 aliphatic heterocycles. The van der Waals surface area contributed by atoms with E-state index in [2.05, 4.69) is 0 Å². The van der Waals surface area contributed by atoms with E-state index in [1.165, 1.54) is 0 Å². The van der Waals surface area contributed by atoms with Gasteiger partial charge in [-0.15, -0.1) is 23.2 Å². The molecular weight excluding hydrogens is 346 g/mol. The fraction of sp³-hybridized carbons (Fsp3) is 0.750. The van der Waals surface area contributed by atoms with Gasteiger partial charge in [0.05, 0.1) is 0 Å². The van der Waals surface area contributed by atoms with Crippen molar-refractivity contribution in [2.24, 2.45) is 22.9 Å². The summed E-state index contributed by atoms with van der Waals surface area (Å²) in [4.78, 5) is 18.5. The molecule has 0 aliphatic rings. The average Bonchev–Trinajstić information content (AvgIpc) is 2.39. The van der Waals surface area contributed by atoms with Gasteiger partial charge in [-0.25, -0.2) is 0 Å². The van der Waals surface area contributed by atoms with Crippen LogP contribution in [0.15, 0.2) is 0 Å². The number of rotatable bonds is 4. The molecule has 0 aromatic rings. The van der Waals surface area contributed by atoms with E-state index in [-0.39, 0.29) is 28.5 Å². The third-order valence-corrected chi connectivity index (χ3v) is 1.02. The summed E-state index contributed by atoms with van der Waals surface area (Å²) in [6.07, 6.45) is 0. The molecule has 1 radical (unpaired) electrons. The first-order valence-corrected chi connectivity index (χ1v) is 5.80. The number of halogens is 2. The molecule has 8 nitrogen and oxygen atoms in total. The molecule has 11 heteroatoms. The number of carboxylic acids is 2. The van der Waals surface area contributed by atoms with Gasteiger partial charge in [-0.05, 0) is 0 Å². The van der Waals surface area contributed by atoms with Crippen LogP contribution >= 0.6 is 23.2 Å². The van der Waals surface area contributed by atoms with E-state index in [0.717, 1.165) is 0 Å². The second kappa shape index (κ2) is 36.1. The second-order valence-electron chi connectivity index (χ2n) is 2.21. The van der Waals surface area contributed by atoms with Crippen molar-refractivity contribution in [1.29, 1.82) is 0 Å². The van der Waals surface area contributed by atoms with Gasteiger partial charge in [0.15, 0.2) is 0 Å². The fourth-order valence-corrected chi connectivity index (χ4v) is 0. The maximum absolute atomic E-state index is 9.24. The predicted octanol–water partition coefficient (Wildman–Crippen LogP) is -1.58. The SMILES string of the molecule is NCCN.NCCN.O=C(O)CCl.O=C(O)CCl.[Co]. The van der Waals surface area contributed by atoms with Crippen LogP contribution in [0.25, 0.3) is 0 Å². The zero-order valence-electron chi connectivity index (χ0n) is 10.4. The van der Waals surface area contributed by atoms with Crippen LogP contribution in [0.2, 0.25) is 0 Å². The molecule has 0 spiro atoms. The Labute approximate surface area is 133 Å². The Balaban J connectivity index is -0.0000000453. The van der Waals surface area contributed by atoms with Crippen LogP contribution in [-0.4, -0.2) is 60.1 Å². The van der Waals surface area contributed by atoms with Gasteiger partial charge in [-0.2, -0.15) is 0 Å². The summed E-state index contributed by atoms with van der Waals surface area (Å²) in [6.45, 7) is 2.39. The maximum Gasteiger partial charge on any atom is 0.318 e. The maximum atomic E-state index is 9.24. The predicted molar refractivity (Wildman–Crippen MR) is 72.9 cm³/mol. The summed E-state index contributed by atoms with van der Waals surface area (Å²) in [5, 5.41) is 15.2. The second-order valence-corrected chi connectivity index (χ2v) is 2.74. The Morgan fingerprint density at radius 1 is 0.737 bits per heavy atom. The molecule has 0 unspecified atom stereocenters. The molecule has 0 bridgehead atoms. The summed E-state index contributed by atoms with van der Waals surface area (Å²) >= 11 is 9.47. The molecule has 0 amide bonds. The molecule has 19 heavy (non-hydrogen) atoms. The van der Waals surface area contributed by atoms with Gasteiger partial charge in [0, 0.05) is 43.0 Å². The normalized spacial score (nSPS) is 7.05. The summed E-state index contributed by atoms with van der Waals surface area (Å²) in [5.41, 5.74) is 19.6. The molecular formula is C8H22Cl2CoN4O4. The molecule has 0 saturated carbocycles. The average molecular weight is 368 g/mol. The topological polar surface area (TPSA) is 179 Å². The molecule has 10 N–H and O–H groups in total. The molecule has 0 atom stereocenters. The molecule has 0 saturated heterocycles. The molecule has 0 rings (SSSR count). The summed E-state index contributed by atoms with van der Waals surface area (Å²) in [5.74, 6) is -2.57. The van der Waals surface area contributed by atoms with Crippen LogP contribution in [0.1, 0.15) is 0 Å². The van der Waals surface area contributed by atoms with Crippen LogP contribution in [-0.2, 0) is 26.4 Å². The standard InChI is InChI=1S/2C2H3ClO2.2C2H8N2.Co/c2*3-1-2(4)5;2*3-1-2-4;/h2*1H2,(H,4,5);2*1-4H2;. The van der Waals surface area contributed by atoms with Crippen LogP contribution < -0.4 is 22.9 Å². The van der Waals surface area contributed by atoms with Crippen LogP contribution in [0.3, 0.4) is 0 Å². The van der Waals surface area contributed by atoms with E-state index in [9.17, 15) is 9.59 Å². The van der Waals surface area contributed by atoms with Crippen molar-refractivity contribution < 1.29 is 36.6 Å². The van der Waals surface area contributed by atoms with Gasteiger partial charge in [0.1, 0.15) is 11.8 Å². The molecule has 0 aromatic carbocycles. The van der Waals surface area contributed by atoms with E-state index in [0.29, 0.717) is 26.2 Å². The van der Waals surface area contributed by atoms with E-state index < -0.39 is 11.9 Å². The molecule has 0 aromatic heterocycles. The van der Waals surface area contributed by atoms with Crippen LogP contribution in [0, 0.1) is 0 Å². The molecule has 121 valence electrons. The van der Waals surface area contributed by atoms with Gasteiger partial charge < -0.3 is 33.1 Å². The summed E-state index contributed by atoms with van der Waals surface area (Å²) < 4.78 is 0. The first kappa shape index (κ1) is 31.3. The zero-order valence-corrected chi connectivity index (χ0v) is 12.9. The number of carboxylic acid groups (broad SMARTS) is 2. The van der Waals surface area contributed by atoms with Crippen molar-refractivity contribution in [2.75, 3.05) is 37.9 Å². The van der Waals surface area contributed by atoms with Crippen molar-refractivity contribution in [3.63, 3.8) is 0 Å². The molecule has 0 aliphatic carbocycles. The Hall–Kier alpha value is -0.134. The largest absolute Gasteiger partial charge is 0.480 e. The fourth-order valence-electron chi connectivity index (χ4n) is 0. The number of carbonyl (C=O) groups is 2. The number of nitrogens with two attached hydrogens (primary N) is 4.